The van der Waals surface area contributed by atoms with Crippen molar-refractivity contribution in [1.29, 1.82) is 0 Å². The van der Waals surface area contributed by atoms with Crippen LogP contribution >= 0.6 is 0 Å². The molecule has 1 atom stereocenters. The van der Waals surface area contributed by atoms with Gasteiger partial charge < -0.3 is 35.4 Å². The third-order valence-electron chi connectivity index (χ3n) is 3.32. The van der Waals surface area contributed by atoms with Crippen LogP contribution in [0.1, 0.15) is 34.6 Å². The fourth-order valence-electron chi connectivity index (χ4n) is 0.962. The molecule has 0 amide bonds. The fourth-order valence-corrected chi connectivity index (χ4v) is 0.962. The van der Waals surface area contributed by atoms with E-state index in [-0.39, 0.29) is 42.6 Å². The SMILES string of the molecule is C=C(C)C(=O)O.C=C(C)C(=O)O.C=C(C)C(=O)O.CCOC(C)C(CO)(CO)CO. The molecule has 1 unspecified atom stereocenters. The van der Waals surface area contributed by atoms with Gasteiger partial charge >= 0.3 is 17.9 Å². The van der Waals surface area contributed by atoms with Crippen LogP contribution in [0, 0.1) is 5.41 Å². The summed E-state index contributed by atoms with van der Waals surface area (Å²) in [4.78, 5) is 28.8. The van der Waals surface area contributed by atoms with Crippen LogP contribution in [-0.2, 0) is 19.1 Å². The Labute approximate surface area is 177 Å². The zero-order valence-corrected chi connectivity index (χ0v) is 18.3. The van der Waals surface area contributed by atoms with Gasteiger partial charge in [0.15, 0.2) is 0 Å². The Morgan fingerprint density at radius 2 is 0.967 bits per heavy atom. The van der Waals surface area contributed by atoms with Crippen molar-refractivity contribution in [2.75, 3.05) is 26.4 Å². The first kappa shape index (κ1) is 34.9. The van der Waals surface area contributed by atoms with Gasteiger partial charge in [0.2, 0.25) is 0 Å². The molecule has 0 saturated heterocycles. The second-order valence-electron chi connectivity index (χ2n) is 6.19. The van der Waals surface area contributed by atoms with Crippen molar-refractivity contribution in [2.45, 2.75) is 40.7 Å². The normalized spacial score (nSPS) is 10.4. The first-order valence-corrected chi connectivity index (χ1v) is 8.70. The molecule has 0 fully saturated rings. The predicted octanol–water partition coefficient (Wildman–Crippen LogP) is 1.32. The lowest BCUT2D eigenvalue weighted by atomic mass is 9.85. The van der Waals surface area contributed by atoms with E-state index in [1.54, 1.807) is 6.92 Å². The number of aliphatic hydroxyl groups is 3. The summed E-state index contributed by atoms with van der Waals surface area (Å²) in [7, 11) is 0. The van der Waals surface area contributed by atoms with E-state index in [0.29, 0.717) is 6.61 Å². The minimum absolute atomic E-state index is 0.176. The molecule has 0 radical (unpaired) electrons. The summed E-state index contributed by atoms with van der Waals surface area (Å²) in [6.45, 7) is 17.0. The quantitative estimate of drug-likeness (QED) is 0.288. The summed E-state index contributed by atoms with van der Waals surface area (Å²) in [6, 6.07) is 0. The van der Waals surface area contributed by atoms with Gasteiger partial charge in [-0.3, -0.25) is 0 Å². The van der Waals surface area contributed by atoms with E-state index >= 15 is 0 Å². The van der Waals surface area contributed by atoms with E-state index in [2.05, 4.69) is 19.7 Å². The molecule has 0 bridgehead atoms. The maximum Gasteiger partial charge on any atom is 0.330 e. The first-order valence-electron chi connectivity index (χ1n) is 8.70. The predicted molar refractivity (Wildman–Crippen MR) is 112 cm³/mol. The van der Waals surface area contributed by atoms with Gasteiger partial charge in [-0.1, -0.05) is 19.7 Å². The highest BCUT2D eigenvalue weighted by atomic mass is 16.5. The lowest BCUT2D eigenvalue weighted by molar-refractivity contribution is -0.133. The number of hydrogen-bond acceptors (Lipinski definition) is 7. The Kier molecular flexibility index (Phi) is 23.0. The molecule has 0 spiro atoms. The number of aliphatic carboxylic acids is 3. The standard InChI is InChI=1S/C8H18O4.3C4H6O2/c1-3-12-7(2)8(4-9,5-10)6-11;3*1-3(2)4(5)6/h7,9-11H,3-6H2,1-2H3;3*1H2,2H3,(H,5,6). The summed E-state index contributed by atoms with van der Waals surface area (Å²) < 4.78 is 5.20. The molecule has 30 heavy (non-hydrogen) atoms. The van der Waals surface area contributed by atoms with Crippen molar-refractivity contribution in [3.05, 3.63) is 36.5 Å². The van der Waals surface area contributed by atoms with Crippen molar-refractivity contribution < 1.29 is 49.8 Å². The molecule has 0 aliphatic rings. The van der Waals surface area contributed by atoms with Crippen LogP contribution in [0.25, 0.3) is 0 Å². The number of carbonyl (C=O) groups is 3. The largest absolute Gasteiger partial charge is 0.478 e. The molecule has 0 aromatic carbocycles. The third-order valence-corrected chi connectivity index (χ3v) is 3.32. The van der Waals surface area contributed by atoms with Crippen LogP contribution in [0.3, 0.4) is 0 Å². The Hall–Kier alpha value is -2.53. The molecule has 10 nitrogen and oxygen atoms in total. The highest BCUT2D eigenvalue weighted by Crippen LogP contribution is 2.22. The van der Waals surface area contributed by atoms with Crippen LogP contribution < -0.4 is 0 Å². The highest BCUT2D eigenvalue weighted by molar-refractivity contribution is 5.85. The van der Waals surface area contributed by atoms with E-state index in [4.69, 9.17) is 35.4 Å². The monoisotopic (exact) mass is 436 g/mol. The van der Waals surface area contributed by atoms with Crippen LogP contribution in [0.2, 0.25) is 0 Å². The Balaban J connectivity index is -0.000000161. The Morgan fingerprint density at radius 1 is 0.767 bits per heavy atom. The third kappa shape index (κ3) is 20.2. The number of rotatable bonds is 9. The van der Waals surface area contributed by atoms with Gasteiger partial charge in [0.05, 0.1) is 31.3 Å². The number of ether oxygens (including phenoxy) is 1. The number of aliphatic hydroxyl groups excluding tert-OH is 3. The van der Waals surface area contributed by atoms with E-state index in [1.165, 1.54) is 20.8 Å². The molecule has 0 aromatic rings. The lowest BCUT2D eigenvalue weighted by Crippen LogP contribution is -2.45. The molecule has 0 aliphatic carbocycles. The smallest absolute Gasteiger partial charge is 0.330 e. The molecule has 0 aromatic heterocycles. The van der Waals surface area contributed by atoms with E-state index in [9.17, 15) is 14.4 Å². The van der Waals surface area contributed by atoms with Gasteiger partial charge in [0, 0.05) is 23.3 Å². The molecule has 0 heterocycles. The number of carboxylic acid groups (broad SMARTS) is 3. The molecule has 6 N–H and O–H groups in total. The average molecular weight is 436 g/mol. The topological polar surface area (TPSA) is 182 Å². The average Bonchev–Trinajstić information content (AvgIpc) is 2.65. The van der Waals surface area contributed by atoms with Crippen molar-refractivity contribution in [3.8, 4) is 0 Å². The summed E-state index contributed by atoms with van der Waals surface area (Å²) in [5, 5.41) is 50.6. The van der Waals surface area contributed by atoms with Crippen molar-refractivity contribution >= 4 is 17.9 Å². The number of carboxylic acids is 3. The molecule has 0 rings (SSSR count). The molecule has 0 saturated carbocycles. The van der Waals surface area contributed by atoms with Crippen LogP contribution in [-0.4, -0.2) is 81.1 Å². The number of hydrogen-bond donors (Lipinski definition) is 6. The van der Waals surface area contributed by atoms with Crippen molar-refractivity contribution in [1.82, 2.24) is 0 Å². The second kappa shape index (κ2) is 19.8. The molecule has 176 valence electrons. The van der Waals surface area contributed by atoms with E-state index in [1.807, 2.05) is 6.92 Å². The van der Waals surface area contributed by atoms with Crippen molar-refractivity contribution in [2.24, 2.45) is 5.41 Å². The minimum atomic E-state index is -0.935. The second-order valence-corrected chi connectivity index (χ2v) is 6.19. The zero-order chi connectivity index (χ0) is 25.1. The molecule has 0 aliphatic heterocycles. The maximum absolute atomic E-state index is 9.60. The van der Waals surface area contributed by atoms with Gasteiger partial charge in [-0.25, -0.2) is 14.4 Å². The van der Waals surface area contributed by atoms with Gasteiger partial charge in [-0.05, 0) is 34.6 Å². The highest BCUT2D eigenvalue weighted by Gasteiger charge is 2.35. The van der Waals surface area contributed by atoms with Gasteiger partial charge in [-0.15, -0.1) is 0 Å². The molecular weight excluding hydrogens is 400 g/mol. The lowest BCUT2D eigenvalue weighted by Gasteiger charge is -2.33. The van der Waals surface area contributed by atoms with Gasteiger partial charge in [0.25, 0.3) is 0 Å². The Morgan fingerprint density at radius 3 is 1.07 bits per heavy atom. The molecular formula is C20H36O10. The summed E-state index contributed by atoms with van der Waals surface area (Å²) in [6.07, 6.45) is -0.345. The van der Waals surface area contributed by atoms with Gasteiger partial charge in [0.1, 0.15) is 0 Å². The Bertz CT molecular complexity index is 461. The van der Waals surface area contributed by atoms with Crippen LogP contribution in [0.4, 0.5) is 0 Å². The van der Waals surface area contributed by atoms with Crippen molar-refractivity contribution in [3.63, 3.8) is 0 Å². The van der Waals surface area contributed by atoms with Crippen LogP contribution in [0.15, 0.2) is 36.5 Å². The minimum Gasteiger partial charge on any atom is -0.478 e. The van der Waals surface area contributed by atoms with E-state index < -0.39 is 23.3 Å². The summed E-state index contributed by atoms with van der Waals surface area (Å²) in [5.74, 6) is -2.81. The van der Waals surface area contributed by atoms with Gasteiger partial charge in [-0.2, -0.15) is 0 Å². The molecule has 10 heteroatoms. The first-order chi connectivity index (χ1) is 13.6. The van der Waals surface area contributed by atoms with E-state index in [0.717, 1.165) is 0 Å². The fraction of sp³-hybridized carbons (Fsp3) is 0.550. The maximum atomic E-state index is 9.60. The summed E-state index contributed by atoms with van der Waals surface area (Å²) >= 11 is 0. The summed E-state index contributed by atoms with van der Waals surface area (Å²) in [5.41, 5.74) is -0.393. The van der Waals surface area contributed by atoms with Crippen LogP contribution in [0.5, 0.6) is 0 Å². The zero-order valence-electron chi connectivity index (χ0n) is 18.3.